The maximum Gasteiger partial charge on any atom is 1.00 e. The average Bonchev–Trinajstić information content (AvgIpc) is 0. The first-order chi connectivity index (χ1) is 0. The topological polar surface area (TPSA) is 0 Å². The number of hydrogen-bond donors (Lipinski definition) is 0. The summed E-state index contributed by atoms with van der Waals surface area (Å²) in [6.07, 6.45) is 0. The van der Waals surface area contributed by atoms with E-state index in [9.17, 15) is 0 Å². The Morgan fingerprint density at radius 2 is 0.375 bits per heavy atom. The van der Waals surface area contributed by atoms with Gasteiger partial charge in [0.15, 0.2) is 0 Å². The maximum absolute atomic E-state index is 0. The molecule has 0 amide bonds. The third-order valence-corrected chi connectivity index (χ3v) is 0. The zero-order valence-electron chi connectivity index (χ0n) is 3.72. The standard InChI is InChI=1S/6FH.Na.Sb/h6*1H;;/q;;;;;;+1;/p-6. The van der Waals surface area contributed by atoms with Crippen LogP contribution in [0.4, 0.5) is 0 Å². The molecule has 0 aromatic rings. The molecule has 0 rings (SSSR count). The second-order valence-corrected chi connectivity index (χ2v) is 0. The zero-order valence-corrected chi connectivity index (χ0v) is 8.27. The van der Waals surface area contributed by atoms with Gasteiger partial charge in [-0.05, 0) is 0 Å². The Bertz CT molecular complexity index is 8.49. The summed E-state index contributed by atoms with van der Waals surface area (Å²) in [5.41, 5.74) is 0. The van der Waals surface area contributed by atoms with E-state index < -0.39 is 0 Å². The van der Waals surface area contributed by atoms with Crippen molar-refractivity contribution in [1.29, 1.82) is 0 Å². The van der Waals surface area contributed by atoms with Gasteiger partial charge in [-0.1, -0.05) is 0 Å². The first-order valence-electron chi connectivity index (χ1n) is 0. The van der Waals surface area contributed by atoms with Gasteiger partial charge in [-0.25, -0.2) is 0 Å². The van der Waals surface area contributed by atoms with Crippen molar-refractivity contribution in [3.63, 3.8) is 0 Å². The van der Waals surface area contributed by atoms with Crippen LogP contribution in [0.5, 0.6) is 0 Å². The predicted octanol–water partition coefficient (Wildman–Crippen LogP) is -21.4. The van der Waals surface area contributed by atoms with Crippen LogP contribution in [-0.2, 0) is 0 Å². The molecule has 0 spiro atoms. The van der Waals surface area contributed by atoms with Crippen molar-refractivity contribution in [3.05, 3.63) is 0 Å². The molecule has 0 heterocycles. The molecule has 0 unspecified atom stereocenters. The van der Waals surface area contributed by atoms with E-state index in [1.165, 1.54) is 0 Å². The Kier molecular flexibility index (Phi) is 9970. The normalized spacial score (nSPS) is 0. The largest absolute Gasteiger partial charge is 1.00 e. The molecule has 0 atom stereocenters. The Balaban J connectivity index is 0. The first kappa shape index (κ1) is 339. The van der Waals surface area contributed by atoms with Crippen LogP contribution in [-0.4, -0.2) is 24.4 Å². The molecule has 0 nitrogen and oxygen atoms in total. The predicted molar refractivity (Wildman–Crippen MR) is 5.75 cm³/mol. The van der Waals surface area contributed by atoms with E-state index in [2.05, 4.69) is 0 Å². The Morgan fingerprint density at radius 3 is 0.375 bits per heavy atom. The van der Waals surface area contributed by atoms with Crippen molar-refractivity contribution in [2.24, 2.45) is 0 Å². The minimum absolute atomic E-state index is 0. The fourth-order valence-corrected chi connectivity index (χ4v) is 0. The minimum atomic E-state index is 0. The van der Waals surface area contributed by atoms with Crippen molar-refractivity contribution in [2.45, 2.75) is 0 Å². The van der Waals surface area contributed by atoms with Crippen molar-refractivity contribution < 1.29 is 57.8 Å². The van der Waals surface area contributed by atoms with Crippen molar-refractivity contribution in [3.8, 4) is 0 Å². The number of halogens is 6. The average molecular weight is 259 g/mol. The molecule has 8 heavy (non-hydrogen) atoms. The monoisotopic (exact) mass is 258 g/mol. The third kappa shape index (κ3) is 155. The van der Waals surface area contributed by atoms with Gasteiger partial charge in [-0.15, -0.1) is 0 Å². The van der Waals surface area contributed by atoms with Crippen LogP contribution >= 0.6 is 0 Å². The van der Waals surface area contributed by atoms with Crippen LogP contribution in [0, 0.1) is 0 Å². The van der Waals surface area contributed by atoms with Crippen LogP contribution in [0.2, 0.25) is 0 Å². The molecule has 0 fully saturated rings. The van der Waals surface area contributed by atoms with Gasteiger partial charge < -0.3 is 28.2 Å². The summed E-state index contributed by atoms with van der Waals surface area (Å²) in [7, 11) is 0. The summed E-state index contributed by atoms with van der Waals surface area (Å²) in [4.78, 5) is 0. The molecule has 0 aromatic heterocycles. The molecule has 0 aromatic carbocycles. The molecule has 0 bridgehead atoms. The SMILES string of the molecule is [F-].[F-].[F-].[F-].[F-].[F-].[Na+].[Sb]. The Hall–Kier alpha value is 1.40. The van der Waals surface area contributed by atoms with Gasteiger partial charge in [0.2, 0.25) is 0 Å². The van der Waals surface area contributed by atoms with Crippen LogP contribution in [0.15, 0.2) is 0 Å². The molecule has 0 saturated carbocycles. The molecule has 8 heteroatoms. The van der Waals surface area contributed by atoms with E-state index in [1.807, 2.05) is 0 Å². The van der Waals surface area contributed by atoms with E-state index in [-0.39, 0.29) is 82.2 Å². The van der Waals surface area contributed by atoms with Gasteiger partial charge in [0.05, 0.1) is 0 Å². The van der Waals surface area contributed by atoms with Crippen molar-refractivity contribution >= 4 is 24.4 Å². The minimum Gasteiger partial charge on any atom is -1.00 e. The van der Waals surface area contributed by atoms with Gasteiger partial charge in [0.1, 0.15) is 0 Å². The maximum atomic E-state index is 0. The second-order valence-electron chi connectivity index (χ2n) is 0. The summed E-state index contributed by atoms with van der Waals surface area (Å²) in [5.74, 6) is 0. The van der Waals surface area contributed by atoms with E-state index in [0.29, 0.717) is 0 Å². The summed E-state index contributed by atoms with van der Waals surface area (Å²) >= 11 is 0. The van der Waals surface area contributed by atoms with Gasteiger partial charge in [-0.3, -0.25) is 0 Å². The molecule has 53 valence electrons. The summed E-state index contributed by atoms with van der Waals surface area (Å²) in [6.45, 7) is 0. The molecular weight excluding hydrogens is 259 g/mol. The molecule has 0 aliphatic rings. The summed E-state index contributed by atoms with van der Waals surface area (Å²) in [6, 6.07) is 0. The Labute approximate surface area is 81.7 Å². The first-order valence-corrected chi connectivity index (χ1v) is 0. The Morgan fingerprint density at radius 1 is 0.375 bits per heavy atom. The van der Waals surface area contributed by atoms with Crippen LogP contribution < -0.4 is 57.8 Å². The van der Waals surface area contributed by atoms with E-state index in [1.54, 1.807) is 0 Å². The number of rotatable bonds is 0. The number of hydrogen-bond acceptors (Lipinski definition) is 0. The van der Waals surface area contributed by atoms with Crippen molar-refractivity contribution in [1.82, 2.24) is 0 Å². The van der Waals surface area contributed by atoms with Crippen LogP contribution in [0.1, 0.15) is 0 Å². The second kappa shape index (κ2) is 235. The van der Waals surface area contributed by atoms with E-state index in [0.717, 1.165) is 0 Å². The molecule has 0 aliphatic carbocycles. The summed E-state index contributed by atoms with van der Waals surface area (Å²) in [5, 5.41) is 0. The molecular formula is F6NaSb-5. The van der Waals surface area contributed by atoms with Gasteiger partial charge in [0, 0.05) is 24.4 Å². The quantitative estimate of drug-likeness (QED) is 0.299. The van der Waals surface area contributed by atoms with Gasteiger partial charge in [-0.2, -0.15) is 0 Å². The fraction of sp³-hybridized carbons (Fsp3) is 0. The zero-order chi connectivity index (χ0) is 0. The molecule has 3 radical (unpaired) electrons. The van der Waals surface area contributed by atoms with Crippen LogP contribution in [0.25, 0.3) is 0 Å². The van der Waals surface area contributed by atoms with Crippen molar-refractivity contribution in [2.75, 3.05) is 0 Å². The molecule has 0 aliphatic heterocycles. The van der Waals surface area contributed by atoms with Crippen LogP contribution in [0.3, 0.4) is 0 Å². The smallest absolute Gasteiger partial charge is 1.00 e. The fourth-order valence-electron chi connectivity index (χ4n) is 0. The van der Waals surface area contributed by atoms with Gasteiger partial charge in [0.25, 0.3) is 0 Å². The molecule has 0 N–H and O–H groups in total. The summed E-state index contributed by atoms with van der Waals surface area (Å²) < 4.78 is 0. The van der Waals surface area contributed by atoms with Gasteiger partial charge >= 0.3 is 29.6 Å². The molecule has 0 saturated heterocycles. The third-order valence-electron chi connectivity index (χ3n) is 0. The van der Waals surface area contributed by atoms with E-state index >= 15 is 0 Å². The van der Waals surface area contributed by atoms with E-state index in [4.69, 9.17) is 0 Å².